The molecular weight excluding hydrogens is 784 g/mol. The summed E-state index contributed by atoms with van der Waals surface area (Å²) in [6.07, 6.45) is 7.86. The minimum atomic E-state index is 0.660. The van der Waals surface area contributed by atoms with E-state index >= 15 is 0 Å². The lowest BCUT2D eigenvalue weighted by Crippen LogP contribution is -2.31. The molecule has 0 saturated heterocycles. The molecule has 0 amide bonds. The Morgan fingerprint density at radius 1 is 0.508 bits per heavy atom. The first kappa shape index (κ1) is 39.5. The minimum absolute atomic E-state index is 0.660. The lowest BCUT2D eigenvalue weighted by atomic mass is 9.64. The van der Waals surface area contributed by atoms with Crippen LogP contribution >= 0.6 is 11.6 Å². The highest BCUT2D eigenvalue weighted by Gasteiger charge is 2.35. The molecule has 2 saturated carbocycles. The third kappa shape index (κ3) is 7.66. The van der Waals surface area contributed by atoms with Crippen molar-refractivity contribution in [3.63, 3.8) is 0 Å². The predicted molar refractivity (Wildman–Crippen MR) is 268 cm³/mol. The van der Waals surface area contributed by atoms with Gasteiger partial charge in [0.15, 0.2) is 0 Å². The minimum Gasteiger partial charge on any atom is -0.310 e. The van der Waals surface area contributed by atoms with E-state index in [1.54, 1.807) is 0 Å². The summed E-state index contributed by atoms with van der Waals surface area (Å²) in [5.74, 6) is 3.21. The summed E-state index contributed by atoms with van der Waals surface area (Å²) in [7, 11) is 0. The number of para-hydroxylation sites is 2. The first-order chi connectivity index (χ1) is 30.9. The largest absolute Gasteiger partial charge is 0.310 e. The van der Waals surface area contributed by atoms with Crippen molar-refractivity contribution >= 4 is 50.5 Å². The van der Waals surface area contributed by atoms with Crippen LogP contribution in [0.3, 0.4) is 0 Å². The molecule has 310 valence electrons. The smallest absolute Gasteiger partial charge is 0.0541 e. The molecular formula is C60H53ClN2. The molecule has 1 heterocycles. The lowest BCUT2D eigenvalue weighted by Gasteiger charge is -2.42. The van der Waals surface area contributed by atoms with Crippen LogP contribution in [-0.4, -0.2) is 4.57 Å². The van der Waals surface area contributed by atoms with Gasteiger partial charge in [-0.25, -0.2) is 0 Å². The van der Waals surface area contributed by atoms with E-state index in [0.29, 0.717) is 5.92 Å². The van der Waals surface area contributed by atoms with Gasteiger partial charge in [-0.1, -0.05) is 140 Å². The molecule has 1 aromatic heterocycles. The summed E-state index contributed by atoms with van der Waals surface area (Å²) in [5, 5.41) is 3.32. The summed E-state index contributed by atoms with van der Waals surface area (Å²) in [6, 6.07) is 68.6. The van der Waals surface area contributed by atoms with Gasteiger partial charge in [0.05, 0.1) is 16.1 Å². The number of hydrogen-bond donors (Lipinski definition) is 0. The van der Waals surface area contributed by atoms with Gasteiger partial charge < -0.3 is 9.47 Å². The van der Waals surface area contributed by atoms with Crippen molar-refractivity contribution in [3.05, 3.63) is 204 Å². The Bertz CT molecular complexity index is 3040. The number of nitrogens with zero attached hydrogens (tertiary/aromatic N) is 2. The molecule has 8 aromatic carbocycles. The molecule has 63 heavy (non-hydrogen) atoms. The van der Waals surface area contributed by atoms with Crippen LogP contribution in [0.2, 0.25) is 5.02 Å². The maximum absolute atomic E-state index is 7.60. The number of anilines is 3. The zero-order valence-electron chi connectivity index (χ0n) is 36.2. The summed E-state index contributed by atoms with van der Waals surface area (Å²) in [6.45, 7) is 4.69. The Morgan fingerprint density at radius 3 is 1.78 bits per heavy atom. The van der Waals surface area contributed by atoms with E-state index in [1.807, 2.05) is 0 Å². The van der Waals surface area contributed by atoms with E-state index in [9.17, 15) is 0 Å². The van der Waals surface area contributed by atoms with Crippen molar-refractivity contribution in [2.24, 2.45) is 23.7 Å². The second-order valence-electron chi connectivity index (χ2n) is 18.6. The number of aromatic nitrogens is 1. The highest BCUT2D eigenvalue weighted by Crippen LogP contribution is 2.48. The van der Waals surface area contributed by atoms with Crippen LogP contribution in [0.5, 0.6) is 0 Å². The second-order valence-corrected chi connectivity index (χ2v) is 19.0. The van der Waals surface area contributed by atoms with Crippen molar-refractivity contribution < 1.29 is 0 Å². The Labute approximate surface area is 377 Å². The zero-order chi connectivity index (χ0) is 42.4. The maximum Gasteiger partial charge on any atom is 0.0541 e. The Balaban J connectivity index is 1.01. The van der Waals surface area contributed by atoms with Crippen molar-refractivity contribution in [2.75, 3.05) is 4.90 Å². The number of fused-ring (bicyclic) bond motifs is 5. The number of halogens is 1. The Morgan fingerprint density at radius 2 is 1.08 bits per heavy atom. The van der Waals surface area contributed by atoms with Crippen molar-refractivity contribution in [1.82, 2.24) is 4.57 Å². The fraction of sp³-hybridized carbons (Fsp3) is 0.200. The fourth-order valence-electron chi connectivity index (χ4n) is 11.6. The molecule has 2 aliphatic rings. The van der Waals surface area contributed by atoms with Crippen LogP contribution < -0.4 is 4.90 Å². The molecule has 2 bridgehead atoms. The van der Waals surface area contributed by atoms with Gasteiger partial charge in [0.2, 0.25) is 0 Å². The zero-order valence-corrected chi connectivity index (χ0v) is 37.0. The standard InChI is InChI=1S/C60H53ClN2/c1-40-31-42-33-43(32-40)35-44(34-42)36-49-37-53(39-57(61)60(49)54-18-10-9-13-41(54)2)62(51-26-21-46(22-27-51)45-14-5-3-6-15-45)52-28-23-47(24-29-52)48-25-30-59-56(38-48)55-19-11-12-20-58(55)63(59)50-16-7-4-8-17-50/h3-30,37-40,42-44H,31-36H2,1-2H3/t40?,42-,43+,44?. The Kier molecular flexibility index (Phi) is 10.5. The van der Waals surface area contributed by atoms with Crippen molar-refractivity contribution in [1.29, 1.82) is 0 Å². The predicted octanol–water partition coefficient (Wildman–Crippen LogP) is 17.2. The van der Waals surface area contributed by atoms with Crippen LogP contribution in [0.1, 0.15) is 50.2 Å². The first-order valence-electron chi connectivity index (χ1n) is 23.0. The van der Waals surface area contributed by atoms with Crippen molar-refractivity contribution in [2.45, 2.75) is 52.4 Å². The molecule has 9 aromatic rings. The van der Waals surface area contributed by atoms with Gasteiger partial charge in [0.25, 0.3) is 0 Å². The topological polar surface area (TPSA) is 8.17 Å². The van der Waals surface area contributed by atoms with Gasteiger partial charge in [-0.15, -0.1) is 0 Å². The average Bonchev–Trinajstić information content (AvgIpc) is 3.64. The SMILES string of the molecule is Cc1ccccc1-c1c(Cl)cc(N(c2ccc(-c3ccccc3)cc2)c2ccc(-c3ccc4c(c3)c3ccccc3n4-c3ccccc3)cc2)cc1CC1C[C@H]2CC(C)C[C@@H](C1)C2. The highest BCUT2D eigenvalue weighted by molar-refractivity contribution is 6.34. The normalized spacial score (nSPS) is 18.5. The van der Waals surface area contributed by atoms with Crippen molar-refractivity contribution in [3.8, 4) is 39.1 Å². The van der Waals surface area contributed by atoms with E-state index in [1.165, 1.54) is 104 Å². The molecule has 11 rings (SSSR count). The molecule has 0 N–H and O–H groups in total. The first-order valence-corrected chi connectivity index (χ1v) is 23.3. The van der Waals surface area contributed by atoms with Gasteiger partial charge in [-0.05, 0) is 175 Å². The third-order valence-electron chi connectivity index (χ3n) is 14.2. The number of hydrogen-bond acceptors (Lipinski definition) is 1. The van der Waals surface area contributed by atoms with Gasteiger partial charge in [-0.3, -0.25) is 0 Å². The summed E-state index contributed by atoms with van der Waals surface area (Å²) in [4.78, 5) is 2.41. The molecule has 4 atom stereocenters. The van der Waals surface area contributed by atoms with Crippen LogP contribution in [0.4, 0.5) is 17.1 Å². The molecule has 2 aliphatic carbocycles. The van der Waals surface area contributed by atoms with Crippen LogP contribution in [0.25, 0.3) is 60.9 Å². The highest BCUT2D eigenvalue weighted by atomic mass is 35.5. The molecule has 2 fully saturated rings. The van der Waals surface area contributed by atoms with E-state index in [0.717, 1.165) is 46.3 Å². The molecule has 2 unspecified atom stereocenters. The number of benzene rings is 8. The molecule has 0 spiro atoms. The van der Waals surface area contributed by atoms with Gasteiger partial charge >= 0.3 is 0 Å². The fourth-order valence-corrected chi connectivity index (χ4v) is 11.9. The number of rotatable bonds is 9. The maximum atomic E-state index is 7.60. The monoisotopic (exact) mass is 836 g/mol. The lowest BCUT2D eigenvalue weighted by molar-refractivity contribution is 0.104. The Hall–Kier alpha value is -6.35. The number of aryl methyl sites for hydroxylation is 1. The molecule has 3 heteroatoms. The summed E-state index contributed by atoms with van der Waals surface area (Å²) in [5.41, 5.74) is 16.7. The van der Waals surface area contributed by atoms with Crippen LogP contribution in [0.15, 0.2) is 188 Å². The van der Waals surface area contributed by atoms with Crippen LogP contribution in [0, 0.1) is 30.6 Å². The van der Waals surface area contributed by atoms with E-state index in [2.05, 4.69) is 211 Å². The average molecular weight is 838 g/mol. The van der Waals surface area contributed by atoms with Gasteiger partial charge in [-0.2, -0.15) is 0 Å². The quantitative estimate of drug-likeness (QED) is 0.141. The van der Waals surface area contributed by atoms with Gasteiger partial charge in [0.1, 0.15) is 0 Å². The van der Waals surface area contributed by atoms with E-state index < -0.39 is 0 Å². The second kappa shape index (κ2) is 16.7. The summed E-state index contributed by atoms with van der Waals surface area (Å²) < 4.78 is 2.38. The third-order valence-corrected chi connectivity index (χ3v) is 14.5. The van der Waals surface area contributed by atoms with E-state index in [-0.39, 0.29) is 0 Å². The summed E-state index contributed by atoms with van der Waals surface area (Å²) >= 11 is 7.60. The van der Waals surface area contributed by atoms with Gasteiger partial charge in [0, 0.05) is 39.1 Å². The molecule has 0 radical (unpaired) electrons. The van der Waals surface area contributed by atoms with Crippen LogP contribution in [-0.2, 0) is 6.42 Å². The molecule has 2 nitrogen and oxygen atoms in total. The molecule has 0 aliphatic heterocycles. The van der Waals surface area contributed by atoms with E-state index in [4.69, 9.17) is 11.6 Å².